The smallest absolute Gasteiger partial charge is 0.157 e. The van der Waals surface area contributed by atoms with E-state index in [9.17, 15) is 0 Å². The second-order valence-electron chi connectivity index (χ2n) is 5.09. The van der Waals surface area contributed by atoms with Gasteiger partial charge in [-0.1, -0.05) is 85.2 Å². The minimum absolute atomic E-state index is 0.175. The number of rotatable bonds is 4. The summed E-state index contributed by atoms with van der Waals surface area (Å²) < 4.78 is 0. The number of hydrogen-bond acceptors (Lipinski definition) is 2. The van der Waals surface area contributed by atoms with E-state index in [4.69, 9.17) is 16.8 Å². The van der Waals surface area contributed by atoms with Gasteiger partial charge in [0.25, 0.3) is 0 Å². The van der Waals surface area contributed by atoms with E-state index in [1.807, 2.05) is 42.5 Å². The fourth-order valence-corrected chi connectivity index (χ4v) is 2.50. The van der Waals surface area contributed by atoms with E-state index in [1.165, 1.54) is 5.56 Å². The zero-order valence-corrected chi connectivity index (χ0v) is 12.4. The molecule has 0 aliphatic carbocycles. The van der Waals surface area contributed by atoms with Gasteiger partial charge in [-0.2, -0.15) is 0 Å². The van der Waals surface area contributed by atoms with Crippen LogP contribution in [0.2, 0.25) is 0 Å². The highest BCUT2D eigenvalue weighted by molar-refractivity contribution is 6.66. The second-order valence-corrected chi connectivity index (χ2v) is 5.48. The van der Waals surface area contributed by atoms with Crippen LogP contribution in [0.1, 0.15) is 42.4 Å². The minimum atomic E-state index is -0.232. The predicted octanol–water partition coefficient (Wildman–Crippen LogP) is 4.97. The molecule has 0 aliphatic heterocycles. The molecule has 2 aromatic carbocycles. The third-order valence-corrected chi connectivity index (χ3v) is 3.70. The molecule has 2 aromatic rings. The van der Waals surface area contributed by atoms with Crippen molar-refractivity contribution in [3.05, 3.63) is 71.3 Å². The molecular weight excluding hydrogens is 270 g/mol. The lowest BCUT2D eigenvalue weighted by molar-refractivity contribution is 0.319. The second kappa shape index (κ2) is 6.58. The van der Waals surface area contributed by atoms with Crippen molar-refractivity contribution in [2.24, 2.45) is 5.16 Å². The molecule has 0 amide bonds. The van der Waals surface area contributed by atoms with E-state index in [0.29, 0.717) is 5.92 Å². The normalized spacial score (nSPS) is 13.5. The topological polar surface area (TPSA) is 32.6 Å². The Balaban J connectivity index is 2.42. The summed E-state index contributed by atoms with van der Waals surface area (Å²) in [6.07, 6.45) is 0. The van der Waals surface area contributed by atoms with Gasteiger partial charge < -0.3 is 5.21 Å². The predicted molar refractivity (Wildman–Crippen MR) is 83.9 cm³/mol. The van der Waals surface area contributed by atoms with Gasteiger partial charge in [-0.25, -0.2) is 0 Å². The van der Waals surface area contributed by atoms with Gasteiger partial charge in [-0.15, -0.1) is 0 Å². The molecule has 0 fully saturated rings. The molecule has 0 saturated heterocycles. The van der Waals surface area contributed by atoms with Crippen LogP contribution >= 0.6 is 11.6 Å². The first kappa shape index (κ1) is 14.6. The Morgan fingerprint density at radius 1 is 0.900 bits per heavy atom. The number of oxime groups is 1. The summed E-state index contributed by atoms with van der Waals surface area (Å²) >= 11 is 6.10. The third-order valence-electron chi connectivity index (χ3n) is 3.40. The molecule has 0 heterocycles. The zero-order chi connectivity index (χ0) is 14.5. The summed E-state index contributed by atoms with van der Waals surface area (Å²) in [6.45, 7) is 4.32. The van der Waals surface area contributed by atoms with E-state index in [2.05, 4.69) is 31.1 Å². The summed E-state index contributed by atoms with van der Waals surface area (Å²) in [6, 6.07) is 18.1. The van der Waals surface area contributed by atoms with Crippen molar-refractivity contribution in [3.8, 4) is 0 Å². The molecule has 2 nitrogen and oxygen atoms in total. The Morgan fingerprint density at radius 2 is 1.40 bits per heavy atom. The highest BCUT2D eigenvalue weighted by Crippen LogP contribution is 2.29. The maximum atomic E-state index is 9.03. The summed E-state index contributed by atoms with van der Waals surface area (Å²) in [5.41, 5.74) is 3.30. The summed E-state index contributed by atoms with van der Waals surface area (Å²) in [5.74, 6) is 0.255. The quantitative estimate of drug-likeness (QED) is 0.481. The number of hydrogen-bond donors (Lipinski definition) is 1. The molecule has 1 atom stereocenters. The Bertz CT molecular complexity index is 576. The molecule has 20 heavy (non-hydrogen) atoms. The van der Waals surface area contributed by atoms with Crippen LogP contribution < -0.4 is 0 Å². The van der Waals surface area contributed by atoms with Gasteiger partial charge >= 0.3 is 0 Å². The number of nitrogens with zero attached hydrogens (tertiary/aromatic N) is 1. The lowest BCUT2D eigenvalue weighted by Gasteiger charge is -2.16. The molecule has 0 aliphatic rings. The molecule has 1 N–H and O–H groups in total. The molecule has 1 unspecified atom stereocenters. The molecule has 0 bridgehead atoms. The molecule has 0 saturated carbocycles. The molecule has 0 spiro atoms. The number of benzene rings is 2. The minimum Gasteiger partial charge on any atom is -0.410 e. The average Bonchev–Trinajstić information content (AvgIpc) is 2.49. The van der Waals surface area contributed by atoms with Crippen LogP contribution in [-0.2, 0) is 0 Å². The lowest BCUT2D eigenvalue weighted by atomic mass is 9.90. The van der Waals surface area contributed by atoms with Crippen LogP contribution in [0.25, 0.3) is 0 Å². The molecule has 2 rings (SSSR count). The van der Waals surface area contributed by atoms with Crippen molar-refractivity contribution in [1.82, 2.24) is 0 Å². The van der Waals surface area contributed by atoms with Gasteiger partial charge in [0.1, 0.15) is 0 Å². The Morgan fingerprint density at radius 3 is 1.90 bits per heavy atom. The SMILES string of the molecule is CC(C)c1ccc(C(/C(Cl)=N/O)c2ccccc2)cc1. The van der Waals surface area contributed by atoms with Crippen LogP contribution in [0.4, 0.5) is 0 Å². The fourth-order valence-electron chi connectivity index (χ4n) is 2.24. The van der Waals surface area contributed by atoms with Gasteiger partial charge in [-0.3, -0.25) is 0 Å². The van der Waals surface area contributed by atoms with Crippen molar-refractivity contribution in [1.29, 1.82) is 0 Å². The van der Waals surface area contributed by atoms with E-state index in [0.717, 1.165) is 11.1 Å². The summed E-state index contributed by atoms with van der Waals surface area (Å²) in [4.78, 5) is 0. The number of halogens is 1. The fraction of sp³-hybridized carbons (Fsp3) is 0.235. The molecule has 104 valence electrons. The Hall–Kier alpha value is -1.80. The summed E-state index contributed by atoms with van der Waals surface area (Å²) in [7, 11) is 0. The molecule has 0 radical (unpaired) electrons. The first-order chi connectivity index (χ1) is 9.63. The Labute approximate surface area is 124 Å². The van der Waals surface area contributed by atoms with E-state index >= 15 is 0 Å². The van der Waals surface area contributed by atoms with Gasteiger partial charge in [0.15, 0.2) is 5.17 Å². The highest BCUT2D eigenvalue weighted by Gasteiger charge is 2.19. The summed E-state index contributed by atoms with van der Waals surface area (Å²) in [5, 5.41) is 12.4. The van der Waals surface area contributed by atoms with E-state index < -0.39 is 0 Å². The lowest BCUT2D eigenvalue weighted by Crippen LogP contribution is -2.09. The zero-order valence-electron chi connectivity index (χ0n) is 11.6. The first-order valence-corrected chi connectivity index (χ1v) is 7.03. The first-order valence-electron chi connectivity index (χ1n) is 6.65. The largest absolute Gasteiger partial charge is 0.410 e. The molecule has 3 heteroatoms. The van der Waals surface area contributed by atoms with E-state index in [1.54, 1.807) is 0 Å². The third kappa shape index (κ3) is 3.20. The van der Waals surface area contributed by atoms with Crippen molar-refractivity contribution >= 4 is 16.8 Å². The van der Waals surface area contributed by atoms with Crippen molar-refractivity contribution < 1.29 is 5.21 Å². The standard InChI is InChI=1S/C17H18ClNO/c1-12(2)13-8-10-15(11-9-13)16(17(18)19-20)14-6-4-3-5-7-14/h3-12,16,20H,1-2H3/b19-17-. The van der Waals surface area contributed by atoms with Crippen LogP contribution in [0, 0.1) is 0 Å². The van der Waals surface area contributed by atoms with Crippen molar-refractivity contribution in [2.75, 3.05) is 0 Å². The monoisotopic (exact) mass is 287 g/mol. The van der Waals surface area contributed by atoms with Crippen molar-refractivity contribution in [3.63, 3.8) is 0 Å². The van der Waals surface area contributed by atoms with Gasteiger partial charge in [-0.05, 0) is 22.6 Å². The highest BCUT2D eigenvalue weighted by atomic mass is 35.5. The average molecular weight is 288 g/mol. The molecular formula is C17H18ClNO. The Kier molecular flexibility index (Phi) is 4.80. The van der Waals surface area contributed by atoms with Crippen LogP contribution in [0.15, 0.2) is 59.8 Å². The maximum Gasteiger partial charge on any atom is 0.157 e. The van der Waals surface area contributed by atoms with Gasteiger partial charge in [0, 0.05) is 0 Å². The van der Waals surface area contributed by atoms with Gasteiger partial charge in [0.05, 0.1) is 5.92 Å². The van der Waals surface area contributed by atoms with Crippen molar-refractivity contribution in [2.45, 2.75) is 25.7 Å². The van der Waals surface area contributed by atoms with Crippen LogP contribution in [-0.4, -0.2) is 10.4 Å². The molecule has 0 aromatic heterocycles. The van der Waals surface area contributed by atoms with Crippen LogP contribution in [0.5, 0.6) is 0 Å². The van der Waals surface area contributed by atoms with E-state index in [-0.39, 0.29) is 11.1 Å². The maximum absolute atomic E-state index is 9.03. The van der Waals surface area contributed by atoms with Crippen LogP contribution in [0.3, 0.4) is 0 Å². The van der Waals surface area contributed by atoms with Gasteiger partial charge in [0.2, 0.25) is 0 Å².